The number of aromatic hydroxyl groups is 1. The van der Waals surface area contributed by atoms with Crippen molar-refractivity contribution in [3.05, 3.63) is 45.5 Å². The summed E-state index contributed by atoms with van der Waals surface area (Å²) in [5.74, 6) is 0.359. The van der Waals surface area contributed by atoms with Crippen LogP contribution in [0.2, 0.25) is 5.02 Å². The van der Waals surface area contributed by atoms with Crippen LogP contribution in [-0.2, 0) is 19.3 Å². The quantitative estimate of drug-likeness (QED) is 0.374. The molecule has 5 heteroatoms. The molecule has 0 atom stereocenters. The van der Waals surface area contributed by atoms with Crippen LogP contribution in [0.4, 0.5) is 0 Å². The number of rotatable bonds is 10. The van der Waals surface area contributed by atoms with E-state index in [1.165, 1.54) is 16.7 Å². The number of benzene rings is 2. The Hall–Kier alpha value is -2.07. The van der Waals surface area contributed by atoms with Crippen LogP contribution in [0.3, 0.4) is 0 Å². The van der Waals surface area contributed by atoms with E-state index in [1.54, 1.807) is 4.80 Å². The molecule has 0 spiro atoms. The predicted octanol–water partition coefficient (Wildman–Crippen LogP) is 7.12. The SMILES string of the molecule is CCCCc1c(C)c(CCCC)c(-n2nc3ccc(Cl)cc3n2)c(O)c1CCCC. The van der Waals surface area contributed by atoms with Crippen LogP contribution in [-0.4, -0.2) is 20.1 Å². The zero-order chi connectivity index (χ0) is 21.7. The number of nitrogens with zero attached hydrogens (tertiary/aromatic N) is 3. The molecule has 0 amide bonds. The van der Waals surface area contributed by atoms with E-state index >= 15 is 0 Å². The summed E-state index contributed by atoms with van der Waals surface area (Å²) in [4.78, 5) is 1.63. The van der Waals surface area contributed by atoms with Crippen molar-refractivity contribution in [3.8, 4) is 11.4 Å². The Bertz CT molecular complexity index is 1010. The fourth-order valence-corrected chi connectivity index (χ4v) is 4.36. The van der Waals surface area contributed by atoms with Crippen LogP contribution in [0.1, 0.15) is 81.5 Å². The van der Waals surface area contributed by atoms with Gasteiger partial charge in [0.05, 0.1) is 0 Å². The molecule has 0 aliphatic rings. The van der Waals surface area contributed by atoms with E-state index in [2.05, 4.69) is 32.8 Å². The Balaban J connectivity index is 2.25. The average Bonchev–Trinajstić information content (AvgIpc) is 3.14. The highest BCUT2D eigenvalue weighted by Crippen LogP contribution is 2.38. The lowest BCUT2D eigenvalue weighted by molar-refractivity contribution is 0.456. The number of aromatic nitrogens is 3. The molecule has 1 heterocycles. The number of hydrogen-bond acceptors (Lipinski definition) is 3. The monoisotopic (exact) mass is 427 g/mol. The second-order valence-electron chi connectivity index (χ2n) is 8.19. The smallest absolute Gasteiger partial charge is 0.146 e. The van der Waals surface area contributed by atoms with Crippen molar-refractivity contribution in [2.75, 3.05) is 0 Å². The first-order chi connectivity index (χ1) is 14.5. The van der Waals surface area contributed by atoms with Gasteiger partial charge in [-0.25, -0.2) is 0 Å². The molecule has 30 heavy (non-hydrogen) atoms. The minimum Gasteiger partial charge on any atom is -0.505 e. The minimum atomic E-state index is 0.359. The molecule has 0 aliphatic carbocycles. The Kier molecular flexibility index (Phi) is 7.76. The van der Waals surface area contributed by atoms with Gasteiger partial charge >= 0.3 is 0 Å². The van der Waals surface area contributed by atoms with E-state index in [4.69, 9.17) is 16.7 Å². The van der Waals surface area contributed by atoms with Gasteiger partial charge < -0.3 is 5.11 Å². The number of unbranched alkanes of at least 4 members (excludes halogenated alkanes) is 3. The van der Waals surface area contributed by atoms with Crippen molar-refractivity contribution in [3.63, 3.8) is 0 Å². The molecule has 2 aromatic carbocycles. The van der Waals surface area contributed by atoms with E-state index in [1.807, 2.05) is 18.2 Å². The molecule has 162 valence electrons. The van der Waals surface area contributed by atoms with Gasteiger partial charge in [-0.05, 0) is 85.9 Å². The molecule has 0 saturated heterocycles. The molecule has 0 fully saturated rings. The van der Waals surface area contributed by atoms with Gasteiger partial charge in [-0.1, -0.05) is 51.6 Å². The summed E-state index contributed by atoms with van der Waals surface area (Å²) in [5, 5.41) is 21.5. The lowest BCUT2D eigenvalue weighted by Gasteiger charge is -2.22. The summed E-state index contributed by atoms with van der Waals surface area (Å²) in [6.45, 7) is 8.83. The van der Waals surface area contributed by atoms with Crippen molar-refractivity contribution in [1.82, 2.24) is 15.0 Å². The van der Waals surface area contributed by atoms with Crippen LogP contribution in [0.15, 0.2) is 18.2 Å². The Morgan fingerprint density at radius 2 is 1.40 bits per heavy atom. The van der Waals surface area contributed by atoms with Crippen molar-refractivity contribution < 1.29 is 5.11 Å². The maximum atomic E-state index is 11.5. The maximum absolute atomic E-state index is 11.5. The topological polar surface area (TPSA) is 50.9 Å². The van der Waals surface area contributed by atoms with E-state index in [0.29, 0.717) is 10.8 Å². The van der Waals surface area contributed by atoms with Crippen molar-refractivity contribution >= 4 is 22.6 Å². The third-order valence-corrected chi connectivity index (χ3v) is 6.18. The molecule has 0 radical (unpaired) electrons. The highest BCUT2D eigenvalue weighted by Gasteiger charge is 2.23. The van der Waals surface area contributed by atoms with Crippen LogP contribution in [0.25, 0.3) is 16.7 Å². The Morgan fingerprint density at radius 3 is 2.03 bits per heavy atom. The summed E-state index contributed by atoms with van der Waals surface area (Å²) in [5.41, 5.74) is 7.16. The van der Waals surface area contributed by atoms with E-state index in [-0.39, 0.29) is 0 Å². The van der Waals surface area contributed by atoms with Crippen LogP contribution in [0, 0.1) is 6.92 Å². The summed E-state index contributed by atoms with van der Waals surface area (Å²) in [6, 6.07) is 5.53. The van der Waals surface area contributed by atoms with Gasteiger partial charge in [0, 0.05) is 5.02 Å². The first kappa shape index (κ1) is 22.6. The van der Waals surface area contributed by atoms with Crippen LogP contribution >= 0.6 is 11.6 Å². The fourth-order valence-electron chi connectivity index (χ4n) is 4.19. The van der Waals surface area contributed by atoms with E-state index in [9.17, 15) is 5.11 Å². The first-order valence-electron chi connectivity index (χ1n) is 11.4. The summed E-state index contributed by atoms with van der Waals surface area (Å²) in [7, 11) is 0. The van der Waals surface area contributed by atoms with Crippen LogP contribution < -0.4 is 0 Å². The Morgan fingerprint density at radius 1 is 0.833 bits per heavy atom. The molecule has 0 saturated carbocycles. The lowest BCUT2D eigenvalue weighted by atomic mass is 9.87. The summed E-state index contributed by atoms with van der Waals surface area (Å²) < 4.78 is 0. The summed E-state index contributed by atoms with van der Waals surface area (Å²) >= 11 is 6.16. The van der Waals surface area contributed by atoms with Gasteiger partial charge in [0.25, 0.3) is 0 Å². The van der Waals surface area contributed by atoms with Crippen molar-refractivity contribution in [2.24, 2.45) is 0 Å². The average molecular weight is 428 g/mol. The van der Waals surface area contributed by atoms with Crippen LogP contribution in [0.5, 0.6) is 5.75 Å². The molecule has 1 aromatic heterocycles. The third-order valence-electron chi connectivity index (χ3n) is 5.95. The fraction of sp³-hybridized carbons (Fsp3) is 0.520. The van der Waals surface area contributed by atoms with Crippen molar-refractivity contribution in [1.29, 1.82) is 0 Å². The molecular formula is C25H34ClN3O. The number of phenolic OH excluding ortho intramolecular Hbond substituents is 1. The zero-order valence-electron chi connectivity index (χ0n) is 18.8. The molecule has 4 nitrogen and oxygen atoms in total. The van der Waals surface area contributed by atoms with Gasteiger partial charge in [-0.15, -0.1) is 15.0 Å². The number of fused-ring (bicyclic) bond motifs is 1. The molecule has 3 rings (SSSR count). The lowest BCUT2D eigenvalue weighted by Crippen LogP contribution is -2.11. The molecule has 0 bridgehead atoms. The zero-order valence-corrected chi connectivity index (χ0v) is 19.5. The van der Waals surface area contributed by atoms with Crippen molar-refractivity contribution in [2.45, 2.75) is 85.5 Å². The maximum Gasteiger partial charge on any atom is 0.146 e. The Labute approximate surface area is 185 Å². The first-order valence-corrected chi connectivity index (χ1v) is 11.8. The number of phenols is 1. The minimum absolute atomic E-state index is 0.359. The highest BCUT2D eigenvalue weighted by atomic mass is 35.5. The number of hydrogen-bond donors (Lipinski definition) is 1. The molecule has 0 aliphatic heterocycles. The second kappa shape index (κ2) is 10.3. The highest BCUT2D eigenvalue weighted by molar-refractivity contribution is 6.31. The molecular weight excluding hydrogens is 394 g/mol. The van der Waals surface area contributed by atoms with E-state index in [0.717, 1.165) is 80.1 Å². The molecule has 1 N–H and O–H groups in total. The second-order valence-corrected chi connectivity index (χ2v) is 8.63. The third kappa shape index (κ3) is 4.64. The summed E-state index contributed by atoms with van der Waals surface area (Å²) in [6.07, 6.45) is 9.42. The number of halogens is 1. The normalized spacial score (nSPS) is 11.5. The molecule has 0 unspecified atom stereocenters. The van der Waals surface area contributed by atoms with Gasteiger partial charge in [0.2, 0.25) is 0 Å². The van der Waals surface area contributed by atoms with Gasteiger partial charge in [-0.3, -0.25) is 0 Å². The van der Waals surface area contributed by atoms with Gasteiger partial charge in [0.1, 0.15) is 22.5 Å². The standard InChI is InChI=1S/C25H34ClN3O/c1-5-8-11-19-17(4)20(12-9-6-2)24(25(30)21(19)13-10-7-3)29-27-22-15-14-18(26)16-23(22)28-29/h14-16,30H,5-13H2,1-4H3. The largest absolute Gasteiger partial charge is 0.505 e. The van der Waals surface area contributed by atoms with Gasteiger partial charge in [0.15, 0.2) is 0 Å². The predicted molar refractivity (Wildman–Crippen MR) is 126 cm³/mol. The van der Waals surface area contributed by atoms with Gasteiger partial charge in [-0.2, -0.15) is 0 Å². The van der Waals surface area contributed by atoms with E-state index < -0.39 is 0 Å². The molecule has 3 aromatic rings.